The molecular weight excluding hydrogens is 281 g/mol. The van der Waals surface area contributed by atoms with Gasteiger partial charge >= 0.3 is 0 Å². The summed E-state index contributed by atoms with van der Waals surface area (Å²) in [5.41, 5.74) is 2.84. The summed E-state index contributed by atoms with van der Waals surface area (Å²) in [6, 6.07) is 13.8. The molecule has 0 aliphatic rings. The molecule has 1 nitrogen and oxygen atoms in total. The third-order valence-corrected chi connectivity index (χ3v) is 5.37. The Morgan fingerprint density at radius 3 is 2.52 bits per heavy atom. The van der Waals surface area contributed by atoms with Gasteiger partial charge in [0.25, 0.3) is 0 Å². The zero-order valence-corrected chi connectivity index (χ0v) is 13.2. The third-order valence-electron chi connectivity index (χ3n) is 3.91. The maximum atomic E-state index is 13.6. The van der Waals surface area contributed by atoms with Crippen LogP contribution < -0.4 is 5.32 Å². The monoisotopic (exact) mass is 299 g/mol. The van der Waals surface area contributed by atoms with E-state index in [1.165, 1.54) is 26.6 Å². The van der Waals surface area contributed by atoms with Crippen molar-refractivity contribution in [2.45, 2.75) is 26.8 Å². The number of nitrogens with one attached hydrogen (secondary N) is 1. The molecule has 1 heterocycles. The summed E-state index contributed by atoms with van der Waals surface area (Å²) in [6.07, 6.45) is 0. The van der Waals surface area contributed by atoms with Gasteiger partial charge in [-0.25, -0.2) is 4.39 Å². The molecule has 2 aromatic carbocycles. The summed E-state index contributed by atoms with van der Waals surface area (Å²) in [6.45, 7) is 6.09. The first-order valence-corrected chi connectivity index (χ1v) is 7.89. The SMILES string of the molecule is Cc1c(F)cccc1NC(C)c1sc2ccccc2c1C. The predicted octanol–water partition coefficient (Wildman–Crippen LogP) is 5.83. The zero-order chi connectivity index (χ0) is 15.0. The van der Waals surface area contributed by atoms with E-state index in [9.17, 15) is 4.39 Å². The molecule has 0 amide bonds. The van der Waals surface area contributed by atoms with Gasteiger partial charge in [-0.2, -0.15) is 0 Å². The number of benzene rings is 2. The van der Waals surface area contributed by atoms with Gasteiger partial charge in [0.1, 0.15) is 5.82 Å². The second-order valence-corrected chi connectivity index (χ2v) is 6.45. The molecule has 0 saturated carbocycles. The Balaban J connectivity index is 1.95. The molecule has 0 bridgehead atoms. The van der Waals surface area contributed by atoms with Crippen molar-refractivity contribution < 1.29 is 4.39 Å². The highest BCUT2D eigenvalue weighted by molar-refractivity contribution is 7.19. The minimum atomic E-state index is -0.166. The molecule has 3 heteroatoms. The van der Waals surface area contributed by atoms with Crippen LogP contribution in [0.5, 0.6) is 0 Å². The maximum Gasteiger partial charge on any atom is 0.128 e. The van der Waals surface area contributed by atoms with E-state index in [2.05, 4.69) is 43.4 Å². The highest BCUT2D eigenvalue weighted by atomic mass is 32.1. The van der Waals surface area contributed by atoms with E-state index >= 15 is 0 Å². The van der Waals surface area contributed by atoms with Gasteiger partial charge in [-0.1, -0.05) is 24.3 Å². The first-order valence-electron chi connectivity index (χ1n) is 7.07. The van der Waals surface area contributed by atoms with Crippen molar-refractivity contribution in [3.05, 3.63) is 64.3 Å². The van der Waals surface area contributed by atoms with Gasteiger partial charge in [0.15, 0.2) is 0 Å². The van der Waals surface area contributed by atoms with Gasteiger partial charge in [0, 0.05) is 20.8 Å². The molecule has 0 aliphatic heterocycles. The van der Waals surface area contributed by atoms with Crippen molar-refractivity contribution in [2.24, 2.45) is 0 Å². The Morgan fingerprint density at radius 2 is 1.76 bits per heavy atom. The maximum absolute atomic E-state index is 13.6. The fraction of sp³-hybridized carbons (Fsp3) is 0.222. The molecule has 0 saturated heterocycles. The molecule has 0 fully saturated rings. The number of anilines is 1. The van der Waals surface area contributed by atoms with Crippen LogP contribution in [0.4, 0.5) is 10.1 Å². The van der Waals surface area contributed by atoms with Crippen molar-refractivity contribution in [1.29, 1.82) is 0 Å². The lowest BCUT2D eigenvalue weighted by Crippen LogP contribution is -2.07. The van der Waals surface area contributed by atoms with Gasteiger partial charge in [0.05, 0.1) is 6.04 Å². The molecule has 1 unspecified atom stereocenters. The molecule has 1 aromatic heterocycles. The Kier molecular flexibility index (Phi) is 3.68. The Bertz CT molecular complexity index is 791. The van der Waals surface area contributed by atoms with Gasteiger partial charge in [-0.3, -0.25) is 0 Å². The van der Waals surface area contributed by atoms with Crippen molar-refractivity contribution in [1.82, 2.24) is 0 Å². The average molecular weight is 299 g/mol. The highest BCUT2D eigenvalue weighted by Crippen LogP contribution is 2.36. The van der Waals surface area contributed by atoms with E-state index in [4.69, 9.17) is 0 Å². The van der Waals surface area contributed by atoms with E-state index in [0.29, 0.717) is 5.56 Å². The van der Waals surface area contributed by atoms with Crippen LogP contribution in [-0.2, 0) is 0 Å². The lowest BCUT2D eigenvalue weighted by Gasteiger charge is -2.17. The second kappa shape index (κ2) is 5.49. The summed E-state index contributed by atoms with van der Waals surface area (Å²) in [5.74, 6) is -0.166. The second-order valence-electron chi connectivity index (χ2n) is 5.37. The van der Waals surface area contributed by atoms with Crippen molar-refractivity contribution in [2.75, 3.05) is 5.32 Å². The van der Waals surface area contributed by atoms with Crippen molar-refractivity contribution in [3.8, 4) is 0 Å². The Hall–Kier alpha value is -1.87. The first-order chi connectivity index (χ1) is 10.1. The van der Waals surface area contributed by atoms with Crippen LogP contribution in [0.2, 0.25) is 0 Å². The van der Waals surface area contributed by atoms with E-state index < -0.39 is 0 Å². The van der Waals surface area contributed by atoms with E-state index in [1.54, 1.807) is 17.4 Å². The normalized spacial score (nSPS) is 12.6. The number of hydrogen-bond acceptors (Lipinski definition) is 2. The smallest absolute Gasteiger partial charge is 0.128 e. The molecule has 108 valence electrons. The van der Waals surface area contributed by atoms with E-state index in [1.807, 2.05) is 13.0 Å². The largest absolute Gasteiger partial charge is 0.377 e. The number of fused-ring (bicyclic) bond motifs is 1. The number of thiophene rings is 1. The predicted molar refractivity (Wildman–Crippen MR) is 89.7 cm³/mol. The van der Waals surface area contributed by atoms with Crippen molar-refractivity contribution in [3.63, 3.8) is 0 Å². The molecule has 0 spiro atoms. The number of rotatable bonds is 3. The molecular formula is C18H18FNS. The molecule has 3 rings (SSSR count). The zero-order valence-electron chi connectivity index (χ0n) is 12.4. The number of aryl methyl sites for hydroxylation is 1. The van der Waals surface area contributed by atoms with E-state index in [0.717, 1.165) is 5.69 Å². The summed E-state index contributed by atoms with van der Waals surface area (Å²) < 4.78 is 14.9. The molecule has 1 atom stereocenters. The van der Waals surface area contributed by atoms with Crippen LogP contribution in [-0.4, -0.2) is 0 Å². The van der Waals surface area contributed by atoms with Crippen LogP contribution >= 0.6 is 11.3 Å². The van der Waals surface area contributed by atoms with Crippen LogP contribution in [0.1, 0.15) is 29.0 Å². The first kappa shape index (κ1) is 14.1. The minimum absolute atomic E-state index is 0.155. The molecule has 0 radical (unpaired) electrons. The Labute approximate surface area is 128 Å². The fourth-order valence-corrected chi connectivity index (χ4v) is 3.88. The minimum Gasteiger partial charge on any atom is -0.377 e. The summed E-state index contributed by atoms with van der Waals surface area (Å²) >= 11 is 1.81. The standard InChI is InChI=1S/C18H18FNS/c1-11-14-7-4-5-10-17(14)21-18(11)13(3)20-16-9-6-8-15(19)12(16)2/h4-10,13,20H,1-3H3. The van der Waals surface area contributed by atoms with Gasteiger partial charge in [-0.05, 0) is 49.9 Å². The van der Waals surface area contributed by atoms with Gasteiger partial charge < -0.3 is 5.32 Å². The van der Waals surface area contributed by atoms with Crippen LogP contribution in [0.15, 0.2) is 42.5 Å². The van der Waals surface area contributed by atoms with Crippen LogP contribution in [0, 0.1) is 19.7 Å². The quantitative estimate of drug-likeness (QED) is 0.641. The number of halogens is 1. The molecule has 0 aliphatic carbocycles. The molecule has 3 aromatic rings. The number of hydrogen-bond donors (Lipinski definition) is 1. The molecule has 1 N–H and O–H groups in total. The fourth-order valence-electron chi connectivity index (χ4n) is 2.67. The highest BCUT2D eigenvalue weighted by Gasteiger charge is 2.15. The topological polar surface area (TPSA) is 12.0 Å². The van der Waals surface area contributed by atoms with E-state index in [-0.39, 0.29) is 11.9 Å². The van der Waals surface area contributed by atoms with Gasteiger partial charge in [0.2, 0.25) is 0 Å². The summed E-state index contributed by atoms with van der Waals surface area (Å²) in [7, 11) is 0. The van der Waals surface area contributed by atoms with Gasteiger partial charge in [-0.15, -0.1) is 11.3 Å². The van der Waals surface area contributed by atoms with Crippen LogP contribution in [0.25, 0.3) is 10.1 Å². The molecule has 21 heavy (non-hydrogen) atoms. The summed E-state index contributed by atoms with van der Waals surface area (Å²) in [5, 5.41) is 4.75. The third kappa shape index (κ3) is 2.54. The van der Waals surface area contributed by atoms with Crippen molar-refractivity contribution >= 4 is 27.1 Å². The van der Waals surface area contributed by atoms with Crippen LogP contribution in [0.3, 0.4) is 0 Å². The lowest BCUT2D eigenvalue weighted by molar-refractivity contribution is 0.618. The summed E-state index contributed by atoms with van der Waals surface area (Å²) in [4.78, 5) is 1.31. The Morgan fingerprint density at radius 1 is 1.00 bits per heavy atom. The lowest BCUT2D eigenvalue weighted by atomic mass is 10.1. The average Bonchev–Trinajstić information content (AvgIpc) is 2.82.